The van der Waals surface area contributed by atoms with E-state index in [1.807, 2.05) is 30.5 Å². The van der Waals surface area contributed by atoms with Crippen LogP contribution in [0, 0.1) is 0 Å². The maximum Gasteiger partial charge on any atom is 0.224 e. The first-order chi connectivity index (χ1) is 10.2. The number of hydrogen-bond acceptors (Lipinski definition) is 3. The van der Waals surface area contributed by atoms with Crippen LogP contribution in [0.15, 0.2) is 30.5 Å². The highest BCUT2D eigenvalue weighted by atomic mass is 16.5. The first-order valence-corrected chi connectivity index (χ1v) is 7.28. The molecule has 112 valence electrons. The number of nitrogens with one attached hydrogen (secondary N) is 2. The summed E-state index contributed by atoms with van der Waals surface area (Å²) in [5.41, 5.74) is 1.18. The van der Waals surface area contributed by atoms with Crippen molar-refractivity contribution in [2.45, 2.75) is 24.9 Å². The van der Waals surface area contributed by atoms with Crippen molar-refractivity contribution in [3.05, 3.63) is 36.0 Å². The van der Waals surface area contributed by atoms with Gasteiger partial charge in [-0.25, -0.2) is 0 Å². The summed E-state index contributed by atoms with van der Waals surface area (Å²) in [6.07, 6.45) is 3.32. The van der Waals surface area contributed by atoms with Crippen LogP contribution < -0.4 is 5.32 Å². The molecule has 2 aromatic rings. The van der Waals surface area contributed by atoms with E-state index in [4.69, 9.17) is 4.74 Å². The summed E-state index contributed by atoms with van der Waals surface area (Å²) in [6.45, 7) is 1.39. The monoisotopic (exact) mass is 288 g/mol. The molecule has 1 fully saturated rings. The number of aromatic nitrogens is 1. The van der Waals surface area contributed by atoms with Gasteiger partial charge in [0.15, 0.2) is 0 Å². The highest BCUT2D eigenvalue weighted by molar-refractivity contribution is 5.88. The Morgan fingerprint density at radius 2 is 2.10 bits per heavy atom. The molecule has 1 aliphatic rings. The number of rotatable bonds is 4. The van der Waals surface area contributed by atoms with Crippen LogP contribution in [0.2, 0.25) is 0 Å². The molecule has 0 saturated carbocycles. The van der Waals surface area contributed by atoms with Crippen molar-refractivity contribution in [2.24, 2.45) is 0 Å². The lowest BCUT2D eigenvalue weighted by Crippen LogP contribution is -2.46. The van der Waals surface area contributed by atoms with E-state index in [0.29, 0.717) is 32.5 Å². The number of para-hydroxylation sites is 1. The fraction of sp³-hybridized carbons (Fsp3) is 0.438. The lowest BCUT2D eigenvalue weighted by Gasteiger charge is -2.32. The number of fused-ring (bicyclic) bond motifs is 1. The molecule has 0 aliphatic carbocycles. The molecule has 0 radical (unpaired) electrons. The quantitative estimate of drug-likeness (QED) is 0.795. The summed E-state index contributed by atoms with van der Waals surface area (Å²) in [5, 5.41) is 14.2. The Hall–Kier alpha value is -1.85. The summed E-state index contributed by atoms with van der Waals surface area (Å²) in [5.74, 6) is -0.0698. The molecule has 0 spiro atoms. The third kappa shape index (κ3) is 3.25. The van der Waals surface area contributed by atoms with Crippen LogP contribution >= 0.6 is 0 Å². The Labute approximate surface area is 123 Å². The van der Waals surface area contributed by atoms with Gasteiger partial charge in [-0.15, -0.1) is 0 Å². The summed E-state index contributed by atoms with van der Waals surface area (Å²) in [4.78, 5) is 15.2. The predicted octanol–water partition coefficient (Wildman–Crippen LogP) is 1.37. The molecule has 21 heavy (non-hydrogen) atoms. The van der Waals surface area contributed by atoms with Gasteiger partial charge in [-0.05, 0) is 11.6 Å². The average molecular weight is 288 g/mol. The number of hydrogen-bond donors (Lipinski definition) is 3. The third-order valence-corrected chi connectivity index (χ3v) is 4.06. The number of carbonyl (C=O) groups is 1. The minimum Gasteiger partial charge on any atom is -0.388 e. The van der Waals surface area contributed by atoms with E-state index < -0.39 is 5.60 Å². The van der Waals surface area contributed by atoms with Gasteiger partial charge in [-0.1, -0.05) is 18.2 Å². The van der Waals surface area contributed by atoms with Gasteiger partial charge in [-0.2, -0.15) is 0 Å². The van der Waals surface area contributed by atoms with E-state index in [0.717, 1.165) is 16.5 Å². The van der Waals surface area contributed by atoms with Crippen molar-refractivity contribution < 1.29 is 14.6 Å². The number of carbonyl (C=O) groups excluding carboxylic acids is 1. The fourth-order valence-electron chi connectivity index (χ4n) is 2.70. The Bertz CT molecular complexity index is 629. The van der Waals surface area contributed by atoms with E-state index in [9.17, 15) is 9.90 Å². The van der Waals surface area contributed by atoms with Gasteiger partial charge >= 0.3 is 0 Å². The van der Waals surface area contributed by atoms with Gasteiger partial charge in [0, 0.05) is 49.7 Å². The number of H-pyrrole nitrogens is 1. The molecular formula is C16H20N2O3. The van der Waals surface area contributed by atoms with E-state index in [-0.39, 0.29) is 12.5 Å². The van der Waals surface area contributed by atoms with Crippen molar-refractivity contribution in [1.82, 2.24) is 10.3 Å². The molecule has 0 bridgehead atoms. The Balaban J connectivity index is 1.59. The van der Waals surface area contributed by atoms with E-state index in [2.05, 4.69) is 10.3 Å². The maximum absolute atomic E-state index is 12.1. The molecule has 0 unspecified atom stereocenters. The summed E-state index contributed by atoms with van der Waals surface area (Å²) in [6, 6.07) is 7.91. The molecule has 5 heteroatoms. The molecule has 1 aromatic carbocycles. The van der Waals surface area contributed by atoms with Gasteiger partial charge in [0.05, 0.1) is 12.0 Å². The summed E-state index contributed by atoms with van der Waals surface area (Å²) >= 11 is 0. The number of aromatic amines is 1. The standard InChI is InChI=1S/C16H20N2O3/c19-15(18-11-16(20)5-7-21-8-6-16)9-12-10-17-14-4-2-1-3-13(12)14/h1-4,10,17,20H,5-9,11H2,(H,18,19). The second-order valence-electron chi connectivity index (χ2n) is 5.65. The van der Waals surface area contributed by atoms with Crippen LogP contribution in [0.5, 0.6) is 0 Å². The van der Waals surface area contributed by atoms with Gasteiger partial charge < -0.3 is 20.1 Å². The zero-order valence-corrected chi connectivity index (χ0v) is 11.9. The zero-order chi connectivity index (χ0) is 14.7. The summed E-state index contributed by atoms with van der Waals surface area (Å²) in [7, 11) is 0. The molecule has 1 amide bonds. The molecule has 0 atom stereocenters. The number of aliphatic hydroxyl groups is 1. The topological polar surface area (TPSA) is 74.4 Å². The molecule has 1 saturated heterocycles. The average Bonchev–Trinajstić information content (AvgIpc) is 2.90. The molecule has 1 aromatic heterocycles. The van der Waals surface area contributed by atoms with Gasteiger partial charge in [0.1, 0.15) is 0 Å². The molecule has 3 rings (SSSR count). The molecule has 3 N–H and O–H groups in total. The van der Waals surface area contributed by atoms with E-state index in [1.54, 1.807) is 0 Å². The van der Waals surface area contributed by atoms with Crippen molar-refractivity contribution >= 4 is 16.8 Å². The molecule has 1 aliphatic heterocycles. The maximum atomic E-state index is 12.1. The summed E-state index contributed by atoms with van der Waals surface area (Å²) < 4.78 is 5.23. The first-order valence-electron chi connectivity index (χ1n) is 7.28. The largest absolute Gasteiger partial charge is 0.388 e. The number of benzene rings is 1. The third-order valence-electron chi connectivity index (χ3n) is 4.06. The minimum absolute atomic E-state index is 0.0698. The Morgan fingerprint density at radius 3 is 2.90 bits per heavy atom. The van der Waals surface area contributed by atoms with Crippen molar-refractivity contribution in [3.63, 3.8) is 0 Å². The van der Waals surface area contributed by atoms with Crippen LogP contribution in [0.25, 0.3) is 10.9 Å². The Morgan fingerprint density at radius 1 is 1.33 bits per heavy atom. The zero-order valence-electron chi connectivity index (χ0n) is 11.9. The highest BCUT2D eigenvalue weighted by Gasteiger charge is 2.30. The van der Waals surface area contributed by atoms with Crippen molar-refractivity contribution in [3.8, 4) is 0 Å². The van der Waals surface area contributed by atoms with Crippen LogP contribution in [-0.4, -0.2) is 41.4 Å². The fourth-order valence-corrected chi connectivity index (χ4v) is 2.70. The molecule has 2 heterocycles. The number of amides is 1. The van der Waals surface area contributed by atoms with Crippen LogP contribution in [0.1, 0.15) is 18.4 Å². The van der Waals surface area contributed by atoms with Gasteiger partial charge in [0.25, 0.3) is 0 Å². The second-order valence-corrected chi connectivity index (χ2v) is 5.65. The molecule has 5 nitrogen and oxygen atoms in total. The van der Waals surface area contributed by atoms with E-state index >= 15 is 0 Å². The first kappa shape index (κ1) is 14.1. The Kier molecular flexibility index (Phi) is 3.94. The lowest BCUT2D eigenvalue weighted by atomic mass is 9.94. The SMILES string of the molecule is O=C(Cc1c[nH]c2ccccc12)NCC1(O)CCOCC1. The normalized spacial score (nSPS) is 17.8. The van der Waals surface area contributed by atoms with Gasteiger partial charge in [0.2, 0.25) is 5.91 Å². The minimum atomic E-state index is -0.825. The van der Waals surface area contributed by atoms with Crippen LogP contribution in [0.4, 0.5) is 0 Å². The number of ether oxygens (including phenoxy) is 1. The molecular weight excluding hydrogens is 268 g/mol. The highest BCUT2D eigenvalue weighted by Crippen LogP contribution is 2.20. The predicted molar refractivity (Wildman–Crippen MR) is 80.0 cm³/mol. The smallest absolute Gasteiger partial charge is 0.224 e. The van der Waals surface area contributed by atoms with Crippen molar-refractivity contribution in [2.75, 3.05) is 19.8 Å². The van der Waals surface area contributed by atoms with Crippen LogP contribution in [-0.2, 0) is 16.0 Å². The van der Waals surface area contributed by atoms with E-state index in [1.165, 1.54) is 0 Å². The van der Waals surface area contributed by atoms with Crippen molar-refractivity contribution in [1.29, 1.82) is 0 Å². The van der Waals surface area contributed by atoms with Gasteiger partial charge in [-0.3, -0.25) is 4.79 Å². The lowest BCUT2D eigenvalue weighted by molar-refractivity contribution is -0.123. The second kappa shape index (κ2) is 5.87. The van der Waals surface area contributed by atoms with Crippen LogP contribution in [0.3, 0.4) is 0 Å².